The molecule has 0 bridgehead atoms. The lowest BCUT2D eigenvalue weighted by molar-refractivity contribution is 0.236. The molecule has 1 aromatic heterocycles. The summed E-state index contributed by atoms with van der Waals surface area (Å²) in [6.07, 6.45) is 5.67. The van der Waals surface area contributed by atoms with E-state index in [0.717, 1.165) is 30.6 Å². The van der Waals surface area contributed by atoms with Gasteiger partial charge >= 0.3 is 0 Å². The molecular formula is C14H23ClN2O2S2. The second-order valence-corrected chi connectivity index (χ2v) is 10.0. The topological polar surface area (TPSA) is 59.1 Å². The second kappa shape index (κ2) is 6.52. The van der Waals surface area contributed by atoms with Crippen LogP contribution >= 0.6 is 22.9 Å². The summed E-state index contributed by atoms with van der Waals surface area (Å²) >= 11 is 6.83. The number of nitrogens with zero attached hydrogens (tertiary/aromatic N) is 1. The van der Waals surface area contributed by atoms with Crippen molar-refractivity contribution < 1.29 is 8.42 Å². The molecule has 1 heterocycles. The lowest BCUT2D eigenvalue weighted by atomic mass is 9.79. The third-order valence-corrected chi connectivity index (χ3v) is 7.39. The van der Waals surface area contributed by atoms with Gasteiger partial charge in [0.05, 0.1) is 5.69 Å². The monoisotopic (exact) mass is 350 g/mol. The summed E-state index contributed by atoms with van der Waals surface area (Å²) in [5, 5.41) is 0. The summed E-state index contributed by atoms with van der Waals surface area (Å²) in [4.78, 5) is 3.99. The minimum absolute atomic E-state index is 0.115. The number of sulfonamides is 1. The quantitative estimate of drug-likeness (QED) is 0.843. The smallest absolute Gasteiger partial charge is 0.229 e. The highest BCUT2D eigenvalue weighted by molar-refractivity contribution is 7.91. The molecule has 1 aliphatic carbocycles. The SMILES string of the molecule is Cc1nc(Cl)sc1S(=O)(=O)NCC1(CC(C)C)CCCC1. The fraction of sp³-hybridized carbons (Fsp3) is 0.786. The van der Waals surface area contributed by atoms with Crippen LogP contribution in [0.3, 0.4) is 0 Å². The zero-order valence-corrected chi connectivity index (χ0v) is 15.2. The first kappa shape index (κ1) is 17.2. The maximum Gasteiger partial charge on any atom is 0.252 e. The van der Waals surface area contributed by atoms with Crippen LogP contribution in [-0.4, -0.2) is 19.9 Å². The van der Waals surface area contributed by atoms with Gasteiger partial charge in [-0.05, 0) is 37.5 Å². The molecule has 1 saturated carbocycles. The average Bonchev–Trinajstić information content (AvgIpc) is 2.94. The number of hydrogen-bond acceptors (Lipinski definition) is 4. The zero-order chi connectivity index (χ0) is 15.7. The number of nitrogens with one attached hydrogen (secondary N) is 1. The van der Waals surface area contributed by atoms with Crippen molar-refractivity contribution in [2.75, 3.05) is 6.54 Å². The van der Waals surface area contributed by atoms with Crippen molar-refractivity contribution in [2.45, 2.75) is 57.1 Å². The van der Waals surface area contributed by atoms with Gasteiger partial charge < -0.3 is 0 Å². The Kier molecular flexibility index (Phi) is 5.34. The standard InChI is InChI=1S/C14H23ClN2O2S2/c1-10(2)8-14(6-4-5-7-14)9-16-21(18,19)12-11(3)17-13(15)20-12/h10,16H,4-9H2,1-3H3. The van der Waals surface area contributed by atoms with Gasteiger partial charge in [-0.15, -0.1) is 0 Å². The van der Waals surface area contributed by atoms with Gasteiger partial charge in [0, 0.05) is 6.54 Å². The first-order valence-electron chi connectivity index (χ1n) is 7.37. The molecule has 0 aromatic carbocycles. The molecule has 0 aliphatic heterocycles. The van der Waals surface area contributed by atoms with Crippen LogP contribution in [0.2, 0.25) is 4.47 Å². The summed E-state index contributed by atoms with van der Waals surface area (Å²) in [5.41, 5.74) is 0.589. The molecule has 1 aliphatic rings. The molecular weight excluding hydrogens is 328 g/mol. The molecule has 0 radical (unpaired) electrons. The van der Waals surface area contributed by atoms with E-state index in [0.29, 0.717) is 18.2 Å². The van der Waals surface area contributed by atoms with E-state index in [2.05, 4.69) is 23.6 Å². The third-order valence-electron chi connectivity index (χ3n) is 4.11. The van der Waals surface area contributed by atoms with Gasteiger partial charge in [-0.25, -0.2) is 18.1 Å². The number of halogens is 1. The Morgan fingerprint density at radius 3 is 2.48 bits per heavy atom. The minimum Gasteiger partial charge on any atom is -0.229 e. The van der Waals surface area contributed by atoms with Crippen LogP contribution in [0, 0.1) is 18.3 Å². The Bertz CT molecular complexity index is 590. The van der Waals surface area contributed by atoms with Gasteiger partial charge in [0.25, 0.3) is 10.0 Å². The van der Waals surface area contributed by atoms with Crippen LogP contribution in [-0.2, 0) is 10.0 Å². The third kappa shape index (κ3) is 4.18. The van der Waals surface area contributed by atoms with E-state index in [4.69, 9.17) is 11.6 Å². The molecule has 7 heteroatoms. The lowest BCUT2D eigenvalue weighted by Gasteiger charge is -2.31. The predicted octanol–water partition coefficient (Wildman–Crippen LogP) is 3.99. The Labute approximate surface area is 136 Å². The fourth-order valence-corrected chi connectivity index (χ4v) is 6.30. The summed E-state index contributed by atoms with van der Waals surface area (Å²) in [5.74, 6) is 0.576. The van der Waals surface area contributed by atoms with E-state index < -0.39 is 10.0 Å². The highest BCUT2D eigenvalue weighted by atomic mass is 35.5. The van der Waals surface area contributed by atoms with Crippen LogP contribution < -0.4 is 4.72 Å². The van der Waals surface area contributed by atoms with Crippen molar-refractivity contribution in [3.05, 3.63) is 10.2 Å². The molecule has 1 N–H and O–H groups in total. The molecule has 4 nitrogen and oxygen atoms in total. The number of hydrogen-bond donors (Lipinski definition) is 1. The van der Waals surface area contributed by atoms with Crippen molar-refractivity contribution in [1.82, 2.24) is 9.71 Å². The maximum absolute atomic E-state index is 12.5. The molecule has 120 valence electrons. The molecule has 1 fully saturated rings. The van der Waals surface area contributed by atoms with E-state index in [1.165, 1.54) is 12.8 Å². The fourth-order valence-electron chi connectivity index (χ4n) is 3.36. The Hall–Kier alpha value is -0.170. The molecule has 0 spiro atoms. The average molecular weight is 351 g/mol. The highest BCUT2D eigenvalue weighted by Gasteiger charge is 2.36. The Morgan fingerprint density at radius 2 is 2.00 bits per heavy atom. The van der Waals surface area contributed by atoms with Crippen LogP contribution in [0.4, 0.5) is 0 Å². The number of aromatic nitrogens is 1. The van der Waals surface area contributed by atoms with E-state index >= 15 is 0 Å². The maximum atomic E-state index is 12.5. The van der Waals surface area contributed by atoms with Gasteiger partial charge in [0.15, 0.2) is 8.68 Å². The molecule has 1 aromatic rings. The predicted molar refractivity (Wildman–Crippen MR) is 87.4 cm³/mol. The van der Waals surface area contributed by atoms with Crippen molar-refractivity contribution in [2.24, 2.45) is 11.3 Å². The number of aryl methyl sites for hydroxylation is 1. The highest BCUT2D eigenvalue weighted by Crippen LogP contribution is 2.43. The van der Waals surface area contributed by atoms with Crippen LogP contribution in [0.25, 0.3) is 0 Å². The summed E-state index contributed by atoms with van der Waals surface area (Å²) in [6, 6.07) is 0. The molecule has 21 heavy (non-hydrogen) atoms. The van der Waals surface area contributed by atoms with Gasteiger partial charge in [-0.2, -0.15) is 0 Å². The zero-order valence-electron chi connectivity index (χ0n) is 12.8. The lowest BCUT2D eigenvalue weighted by Crippen LogP contribution is -2.36. The van der Waals surface area contributed by atoms with Crippen molar-refractivity contribution in [3.63, 3.8) is 0 Å². The molecule has 2 rings (SSSR count). The normalized spacial score (nSPS) is 18.5. The summed E-state index contributed by atoms with van der Waals surface area (Å²) in [7, 11) is -3.51. The van der Waals surface area contributed by atoms with Crippen molar-refractivity contribution >= 4 is 33.0 Å². The van der Waals surface area contributed by atoms with Gasteiger partial charge in [0.1, 0.15) is 0 Å². The largest absolute Gasteiger partial charge is 0.252 e. The van der Waals surface area contributed by atoms with Crippen molar-refractivity contribution in [3.8, 4) is 0 Å². The second-order valence-electron chi connectivity index (χ2n) is 6.47. The number of thiazole rings is 1. The first-order valence-corrected chi connectivity index (χ1v) is 10.0. The first-order chi connectivity index (χ1) is 9.74. The van der Waals surface area contributed by atoms with Crippen LogP contribution in [0.5, 0.6) is 0 Å². The van der Waals surface area contributed by atoms with Crippen molar-refractivity contribution in [1.29, 1.82) is 0 Å². The van der Waals surface area contributed by atoms with Crippen LogP contribution in [0.15, 0.2) is 4.21 Å². The molecule has 0 unspecified atom stereocenters. The summed E-state index contributed by atoms with van der Waals surface area (Å²) in [6.45, 7) is 6.59. The van der Waals surface area contributed by atoms with Gasteiger partial charge in [-0.3, -0.25) is 0 Å². The Balaban J connectivity index is 2.11. The summed E-state index contributed by atoms with van der Waals surface area (Å²) < 4.78 is 28.2. The van der Waals surface area contributed by atoms with E-state index in [9.17, 15) is 8.42 Å². The van der Waals surface area contributed by atoms with E-state index in [1.54, 1.807) is 6.92 Å². The van der Waals surface area contributed by atoms with Crippen LogP contribution in [0.1, 0.15) is 51.6 Å². The number of rotatable bonds is 6. The molecule has 0 amide bonds. The van der Waals surface area contributed by atoms with Gasteiger partial charge in [0.2, 0.25) is 0 Å². The Morgan fingerprint density at radius 1 is 1.38 bits per heavy atom. The van der Waals surface area contributed by atoms with E-state index in [1.807, 2.05) is 0 Å². The van der Waals surface area contributed by atoms with Gasteiger partial charge in [-0.1, -0.05) is 49.6 Å². The molecule has 0 saturated heterocycles. The molecule has 0 atom stereocenters. The minimum atomic E-state index is -3.51. The van der Waals surface area contributed by atoms with E-state index in [-0.39, 0.29) is 14.1 Å².